The number of nitrogens with one attached hydrogen (secondary N) is 2. The molecule has 1 atom stereocenters. The van der Waals surface area contributed by atoms with Crippen molar-refractivity contribution in [3.8, 4) is 0 Å². The van der Waals surface area contributed by atoms with E-state index in [-0.39, 0.29) is 0 Å². The van der Waals surface area contributed by atoms with Gasteiger partial charge in [-0.1, -0.05) is 6.92 Å². The molecule has 0 bridgehead atoms. The van der Waals surface area contributed by atoms with Crippen molar-refractivity contribution < 1.29 is 0 Å². The monoisotopic (exact) mass is 249 g/mol. The third kappa shape index (κ3) is 3.32. The van der Waals surface area contributed by atoms with E-state index in [2.05, 4.69) is 45.4 Å². The van der Waals surface area contributed by atoms with Crippen molar-refractivity contribution in [2.45, 2.75) is 33.2 Å². The van der Waals surface area contributed by atoms with Gasteiger partial charge in [0.15, 0.2) is 0 Å². The first-order valence-electron chi connectivity index (χ1n) is 6.77. The van der Waals surface area contributed by atoms with Gasteiger partial charge in [-0.15, -0.1) is 0 Å². The van der Waals surface area contributed by atoms with Crippen LogP contribution in [0.25, 0.3) is 0 Å². The molecule has 2 heterocycles. The summed E-state index contributed by atoms with van der Waals surface area (Å²) in [6.07, 6.45) is 1.09. The minimum absolute atomic E-state index is 0.440. The fraction of sp³-hybridized carbons (Fsp3) is 0.692. The maximum atomic E-state index is 4.54. The summed E-state index contributed by atoms with van der Waals surface area (Å²) < 4.78 is 0. The molecule has 1 aliphatic rings. The minimum atomic E-state index is 0.440. The Morgan fingerprint density at radius 2 is 2.11 bits per heavy atom. The van der Waals surface area contributed by atoms with E-state index in [1.54, 1.807) is 0 Å². The normalized spacial score (nSPS) is 17.6. The largest absolute Gasteiger partial charge is 0.367 e. The molecule has 1 aliphatic heterocycles. The molecule has 5 nitrogen and oxygen atoms in total. The highest BCUT2D eigenvalue weighted by molar-refractivity contribution is 5.50. The summed E-state index contributed by atoms with van der Waals surface area (Å²) in [5, 5.41) is 6.77. The standard InChI is InChI=1S/C13H23N5/c1-4-10(2)15-12-9-13(17-11(3)16-12)18-7-5-14-6-8-18/h9-10,14H,4-8H2,1-3H3,(H,15,16,17). The van der Waals surface area contributed by atoms with Crippen LogP contribution in [0.3, 0.4) is 0 Å². The Balaban J connectivity index is 2.14. The van der Waals surface area contributed by atoms with Crippen molar-refractivity contribution in [2.75, 3.05) is 36.4 Å². The number of nitrogens with zero attached hydrogens (tertiary/aromatic N) is 3. The third-order valence-electron chi connectivity index (χ3n) is 3.27. The van der Waals surface area contributed by atoms with Crippen LogP contribution in [0.15, 0.2) is 6.07 Å². The molecular weight excluding hydrogens is 226 g/mol. The Morgan fingerprint density at radius 3 is 2.78 bits per heavy atom. The van der Waals surface area contributed by atoms with Crippen LogP contribution in [0.1, 0.15) is 26.1 Å². The van der Waals surface area contributed by atoms with Crippen LogP contribution >= 0.6 is 0 Å². The first-order chi connectivity index (χ1) is 8.69. The van der Waals surface area contributed by atoms with Crippen molar-refractivity contribution in [2.24, 2.45) is 0 Å². The topological polar surface area (TPSA) is 53.1 Å². The lowest BCUT2D eigenvalue weighted by Gasteiger charge is -2.29. The number of hydrogen-bond donors (Lipinski definition) is 2. The molecular formula is C13H23N5. The smallest absolute Gasteiger partial charge is 0.134 e. The summed E-state index contributed by atoms with van der Waals surface area (Å²) in [7, 11) is 0. The molecule has 1 saturated heterocycles. The summed E-state index contributed by atoms with van der Waals surface area (Å²) in [4.78, 5) is 11.3. The van der Waals surface area contributed by atoms with Gasteiger partial charge in [-0.3, -0.25) is 0 Å². The zero-order valence-electron chi connectivity index (χ0n) is 11.5. The van der Waals surface area contributed by atoms with Crippen molar-refractivity contribution in [3.05, 3.63) is 11.9 Å². The van der Waals surface area contributed by atoms with Crippen LogP contribution in [-0.4, -0.2) is 42.2 Å². The Hall–Kier alpha value is -1.36. The van der Waals surface area contributed by atoms with Crippen LogP contribution in [-0.2, 0) is 0 Å². The van der Waals surface area contributed by atoms with E-state index in [1.807, 2.05) is 6.92 Å². The second-order valence-corrected chi connectivity index (χ2v) is 4.85. The van der Waals surface area contributed by atoms with Gasteiger partial charge in [0.2, 0.25) is 0 Å². The Bertz CT molecular complexity index is 387. The number of rotatable bonds is 4. The van der Waals surface area contributed by atoms with E-state index in [4.69, 9.17) is 0 Å². The lowest BCUT2D eigenvalue weighted by atomic mass is 10.2. The van der Waals surface area contributed by atoms with Crippen LogP contribution in [0.5, 0.6) is 0 Å². The number of aryl methyl sites for hydroxylation is 1. The molecule has 1 fully saturated rings. The van der Waals surface area contributed by atoms with Gasteiger partial charge >= 0.3 is 0 Å². The van der Waals surface area contributed by atoms with E-state index in [0.29, 0.717) is 6.04 Å². The summed E-state index contributed by atoms with van der Waals surface area (Å²) in [5.41, 5.74) is 0. The predicted molar refractivity (Wildman–Crippen MR) is 75.2 cm³/mol. The number of hydrogen-bond acceptors (Lipinski definition) is 5. The van der Waals surface area contributed by atoms with Gasteiger partial charge in [0.25, 0.3) is 0 Å². The zero-order chi connectivity index (χ0) is 13.0. The van der Waals surface area contributed by atoms with Gasteiger partial charge in [-0.2, -0.15) is 0 Å². The van der Waals surface area contributed by atoms with E-state index < -0.39 is 0 Å². The lowest BCUT2D eigenvalue weighted by Crippen LogP contribution is -2.44. The van der Waals surface area contributed by atoms with Gasteiger partial charge in [-0.25, -0.2) is 9.97 Å². The molecule has 2 N–H and O–H groups in total. The van der Waals surface area contributed by atoms with Gasteiger partial charge in [0.05, 0.1) is 0 Å². The fourth-order valence-electron chi connectivity index (χ4n) is 2.04. The van der Waals surface area contributed by atoms with Gasteiger partial charge < -0.3 is 15.5 Å². The molecule has 0 aliphatic carbocycles. The Kier molecular flexibility index (Phi) is 4.36. The average Bonchev–Trinajstić information content (AvgIpc) is 2.39. The molecule has 2 rings (SSSR count). The van der Waals surface area contributed by atoms with Gasteiger partial charge in [0.1, 0.15) is 17.5 Å². The number of anilines is 2. The maximum absolute atomic E-state index is 4.54. The SMILES string of the molecule is CCC(C)Nc1cc(N2CCNCC2)nc(C)n1. The Labute approximate surface area is 109 Å². The second kappa shape index (κ2) is 6.00. The highest BCUT2D eigenvalue weighted by Crippen LogP contribution is 2.17. The molecule has 0 spiro atoms. The summed E-state index contributed by atoms with van der Waals surface area (Å²) in [5.74, 6) is 2.80. The number of piperazine rings is 1. The molecule has 18 heavy (non-hydrogen) atoms. The van der Waals surface area contributed by atoms with Crippen LogP contribution in [0, 0.1) is 6.92 Å². The molecule has 100 valence electrons. The van der Waals surface area contributed by atoms with Crippen LogP contribution < -0.4 is 15.5 Å². The van der Waals surface area contributed by atoms with E-state index in [9.17, 15) is 0 Å². The summed E-state index contributed by atoms with van der Waals surface area (Å²) in [6.45, 7) is 10.4. The van der Waals surface area contributed by atoms with Crippen molar-refractivity contribution >= 4 is 11.6 Å². The molecule has 0 aromatic carbocycles. The molecule has 0 saturated carbocycles. The molecule has 0 amide bonds. The summed E-state index contributed by atoms with van der Waals surface area (Å²) >= 11 is 0. The molecule has 1 unspecified atom stereocenters. The first-order valence-corrected chi connectivity index (χ1v) is 6.77. The second-order valence-electron chi connectivity index (χ2n) is 4.85. The lowest BCUT2D eigenvalue weighted by molar-refractivity contribution is 0.584. The van der Waals surface area contributed by atoms with E-state index in [1.165, 1.54) is 0 Å². The molecule has 0 radical (unpaired) electrons. The van der Waals surface area contributed by atoms with Crippen molar-refractivity contribution in [1.82, 2.24) is 15.3 Å². The molecule has 1 aromatic heterocycles. The summed E-state index contributed by atoms with van der Waals surface area (Å²) in [6, 6.07) is 2.50. The van der Waals surface area contributed by atoms with Crippen LogP contribution in [0.4, 0.5) is 11.6 Å². The fourth-order valence-corrected chi connectivity index (χ4v) is 2.04. The zero-order valence-corrected chi connectivity index (χ0v) is 11.5. The first kappa shape index (κ1) is 13.1. The minimum Gasteiger partial charge on any atom is -0.367 e. The third-order valence-corrected chi connectivity index (χ3v) is 3.27. The Morgan fingerprint density at radius 1 is 1.39 bits per heavy atom. The molecule has 1 aromatic rings. The predicted octanol–water partition coefficient (Wildman–Crippen LogP) is 1.41. The van der Waals surface area contributed by atoms with Crippen LogP contribution in [0.2, 0.25) is 0 Å². The number of aromatic nitrogens is 2. The van der Waals surface area contributed by atoms with E-state index >= 15 is 0 Å². The van der Waals surface area contributed by atoms with Gasteiger partial charge in [-0.05, 0) is 20.3 Å². The molecule has 5 heteroatoms. The average molecular weight is 249 g/mol. The highest BCUT2D eigenvalue weighted by Gasteiger charge is 2.13. The highest BCUT2D eigenvalue weighted by atomic mass is 15.2. The van der Waals surface area contributed by atoms with Gasteiger partial charge in [0, 0.05) is 38.3 Å². The maximum Gasteiger partial charge on any atom is 0.134 e. The quantitative estimate of drug-likeness (QED) is 0.845. The van der Waals surface area contributed by atoms with E-state index in [0.717, 1.165) is 50.1 Å². The van der Waals surface area contributed by atoms with Crippen molar-refractivity contribution in [1.29, 1.82) is 0 Å². The van der Waals surface area contributed by atoms with Crippen molar-refractivity contribution in [3.63, 3.8) is 0 Å².